The number of hydrogen-bond donors (Lipinski definition) is 1. The lowest BCUT2D eigenvalue weighted by Crippen LogP contribution is -2.45. The summed E-state index contributed by atoms with van der Waals surface area (Å²) in [7, 11) is 3.20. The van der Waals surface area contributed by atoms with E-state index in [0.717, 1.165) is 17.7 Å². The van der Waals surface area contributed by atoms with Crippen molar-refractivity contribution >= 4 is 17.6 Å². The standard InChI is InChI=1S/C30H39N3O5/c1-22(2)15-17-33(30(35)31-25-9-7-6-8-10-25)21-29(34)32(20-26-13-11-23(3)38-26)18-16-24-12-14-27(36-4)28(19-24)37-5/h6-14,19,22H,15-18,20-21H2,1-5H3,(H,31,35). The first-order chi connectivity index (χ1) is 18.3. The van der Waals surface area contributed by atoms with Gasteiger partial charge in [-0.2, -0.15) is 0 Å². The van der Waals surface area contributed by atoms with Crippen LogP contribution in [0.25, 0.3) is 0 Å². The fourth-order valence-electron chi connectivity index (χ4n) is 4.00. The molecule has 0 radical (unpaired) electrons. The summed E-state index contributed by atoms with van der Waals surface area (Å²) in [6, 6.07) is 18.5. The second-order valence-corrected chi connectivity index (χ2v) is 9.67. The van der Waals surface area contributed by atoms with Crippen molar-refractivity contribution in [3.05, 3.63) is 77.7 Å². The number of urea groups is 1. The van der Waals surface area contributed by atoms with Crippen LogP contribution in [-0.4, -0.2) is 55.6 Å². The van der Waals surface area contributed by atoms with E-state index in [1.807, 2.05) is 67.6 Å². The van der Waals surface area contributed by atoms with Crippen LogP contribution >= 0.6 is 0 Å². The second-order valence-electron chi connectivity index (χ2n) is 9.67. The van der Waals surface area contributed by atoms with Crippen LogP contribution in [0.1, 0.15) is 37.4 Å². The van der Waals surface area contributed by atoms with Crippen molar-refractivity contribution in [3.63, 3.8) is 0 Å². The van der Waals surface area contributed by atoms with Crippen molar-refractivity contribution in [2.24, 2.45) is 5.92 Å². The van der Waals surface area contributed by atoms with Gasteiger partial charge in [0.15, 0.2) is 11.5 Å². The van der Waals surface area contributed by atoms with Gasteiger partial charge in [-0.1, -0.05) is 38.1 Å². The fraction of sp³-hybridized carbons (Fsp3) is 0.400. The molecule has 1 N–H and O–H groups in total. The highest BCUT2D eigenvalue weighted by Gasteiger charge is 2.23. The van der Waals surface area contributed by atoms with E-state index < -0.39 is 0 Å². The molecule has 1 heterocycles. The number of ether oxygens (including phenoxy) is 2. The molecular formula is C30H39N3O5. The summed E-state index contributed by atoms with van der Waals surface area (Å²) in [5.41, 5.74) is 1.70. The SMILES string of the molecule is COc1ccc(CCN(Cc2ccc(C)o2)C(=O)CN(CCC(C)C)C(=O)Nc2ccccc2)cc1OC. The van der Waals surface area contributed by atoms with Gasteiger partial charge in [-0.25, -0.2) is 4.79 Å². The molecule has 0 spiro atoms. The number of anilines is 1. The lowest BCUT2D eigenvalue weighted by molar-refractivity contribution is -0.132. The molecule has 38 heavy (non-hydrogen) atoms. The molecule has 0 atom stereocenters. The minimum absolute atomic E-state index is 0.0307. The molecule has 0 unspecified atom stereocenters. The number of carbonyl (C=O) groups is 2. The van der Waals surface area contributed by atoms with Crippen LogP contribution in [0.2, 0.25) is 0 Å². The third-order valence-corrected chi connectivity index (χ3v) is 6.23. The summed E-state index contributed by atoms with van der Waals surface area (Å²) in [5, 5.41) is 2.92. The zero-order valence-corrected chi connectivity index (χ0v) is 23.0. The number of rotatable bonds is 13. The molecule has 0 aliphatic carbocycles. The Balaban J connectivity index is 1.76. The van der Waals surface area contributed by atoms with Crippen molar-refractivity contribution < 1.29 is 23.5 Å². The van der Waals surface area contributed by atoms with Crippen molar-refractivity contribution in [1.82, 2.24) is 9.80 Å². The first-order valence-electron chi connectivity index (χ1n) is 12.9. The molecule has 3 amide bonds. The van der Waals surface area contributed by atoms with Gasteiger partial charge in [-0.05, 0) is 67.6 Å². The minimum atomic E-state index is -0.293. The monoisotopic (exact) mass is 521 g/mol. The van der Waals surface area contributed by atoms with E-state index in [1.165, 1.54) is 0 Å². The summed E-state index contributed by atoms with van der Waals surface area (Å²) in [6.45, 7) is 7.29. The maximum atomic E-state index is 13.6. The summed E-state index contributed by atoms with van der Waals surface area (Å²) in [6.07, 6.45) is 1.40. The van der Waals surface area contributed by atoms with Crippen LogP contribution in [-0.2, 0) is 17.8 Å². The average molecular weight is 522 g/mol. The molecule has 2 aromatic carbocycles. The number of aryl methyl sites for hydroxylation is 1. The van der Waals surface area contributed by atoms with Crippen LogP contribution in [0, 0.1) is 12.8 Å². The molecular weight excluding hydrogens is 482 g/mol. The highest BCUT2D eigenvalue weighted by atomic mass is 16.5. The summed E-state index contributed by atoms with van der Waals surface area (Å²) in [5.74, 6) is 3.03. The molecule has 204 valence electrons. The second kappa shape index (κ2) is 14.1. The van der Waals surface area contributed by atoms with Gasteiger partial charge in [0, 0.05) is 18.8 Å². The number of para-hydroxylation sites is 1. The molecule has 8 nitrogen and oxygen atoms in total. The van der Waals surface area contributed by atoms with E-state index in [1.54, 1.807) is 24.0 Å². The lowest BCUT2D eigenvalue weighted by Gasteiger charge is -2.28. The lowest BCUT2D eigenvalue weighted by atomic mass is 10.1. The maximum absolute atomic E-state index is 13.6. The van der Waals surface area contributed by atoms with E-state index in [-0.39, 0.29) is 18.5 Å². The van der Waals surface area contributed by atoms with Crippen LogP contribution < -0.4 is 14.8 Å². The predicted octanol–water partition coefficient (Wildman–Crippen LogP) is 5.76. The van der Waals surface area contributed by atoms with E-state index in [9.17, 15) is 9.59 Å². The van der Waals surface area contributed by atoms with E-state index in [0.29, 0.717) is 54.9 Å². The van der Waals surface area contributed by atoms with Crippen molar-refractivity contribution in [2.75, 3.05) is 39.2 Å². The number of amides is 3. The van der Waals surface area contributed by atoms with Gasteiger partial charge in [0.05, 0.1) is 20.8 Å². The Morgan fingerprint density at radius 2 is 1.66 bits per heavy atom. The van der Waals surface area contributed by atoms with Gasteiger partial charge in [-0.15, -0.1) is 0 Å². The predicted molar refractivity (Wildman–Crippen MR) is 149 cm³/mol. The van der Waals surface area contributed by atoms with Crippen LogP contribution in [0.3, 0.4) is 0 Å². The molecule has 0 saturated heterocycles. The van der Waals surface area contributed by atoms with E-state index >= 15 is 0 Å². The molecule has 0 aliphatic heterocycles. The van der Waals surface area contributed by atoms with Crippen molar-refractivity contribution in [1.29, 1.82) is 0 Å². The number of furan rings is 1. The molecule has 0 fully saturated rings. The normalized spacial score (nSPS) is 10.8. The Morgan fingerprint density at radius 1 is 0.921 bits per heavy atom. The van der Waals surface area contributed by atoms with Gasteiger partial charge in [0.25, 0.3) is 0 Å². The first kappa shape index (κ1) is 28.6. The quantitative estimate of drug-likeness (QED) is 0.309. The number of hydrogen-bond acceptors (Lipinski definition) is 5. The van der Waals surface area contributed by atoms with Gasteiger partial charge in [0.2, 0.25) is 5.91 Å². The number of methoxy groups -OCH3 is 2. The van der Waals surface area contributed by atoms with Gasteiger partial charge in [0.1, 0.15) is 18.1 Å². The first-order valence-corrected chi connectivity index (χ1v) is 12.9. The molecule has 3 aromatic rings. The third-order valence-electron chi connectivity index (χ3n) is 6.23. The summed E-state index contributed by atoms with van der Waals surface area (Å²) < 4.78 is 16.5. The van der Waals surface area contributed by atoms with Gasteiger partial charge >= 0.3 is 6.03 Å². The molecule has 8 heteroatoms. The van der Waals surface area contributed by atoms with Crippen molar-refractivity contribution in [2.45, 2.75) is 40.2 Å². The van der Waals surface area contributed by atoms with Crippen LogP contribution in [0.5, 0.6) is 11.5 Å². The Bertz CT molecular complexity index is 1180. The largest absolute Gasteiger partial charge is 0.493 e. The fourth-order valence-corrected chi connectivity index (χ4v) is 4.00. The number of nitrogens with one attached hydrogen (secondary N) is 1. The Labute approximate surface area is 225 Å². The van der Waals surface area contributed by atoms with Gasteiger partial charge in [-0.3, -0.25) is 4.79 Å². The highest BCUT2D eigenvalue weighted by Crippen LogP contribution is 2.28. The molecule has 0 bridgehead atoms. The van der Waals surface area contributed by atoms with Crippen LogP contribution in [0.4, 0.5) is 10.5 Å². The maximum Gasteiger partial charge on any atom is 0.322 e. The summed E-state index contributed by atoms with van der Waals surface area (Å²) >= 11 is 0. The summed E-state index contributed by atoms with van der Waals surface area (Å²) in [4.78, 5) is 30.1. The Hall–Kier alpha value is -3.94. The number of carbonyl (C=O) groups excluding carboxylic acids is 2. The topological polar surface area (TPSA) is 84.2 Å². The van der Waals surface area contributed by atoms with Crippen molar-refractivity contribution in [3.8, 4) is 11.5 Å². The number of benzene rings is 2. The Kier molecular flexibility index (Phi) is 10.6. The molecule has 0 aliphatic rings. The average Bonchev–Trinajstić information content (AvgIpc) is 3.33. The van der Waals surface area contributed by atoms with E-state index in [2.05, 4.69) is 19.2 Å². The molecule has 0 saturated carbocycles. The van der Waals surface area contributed by atoms with Gasteiger partial charge < -0.3 is 29.0 Å². The zero-order chi connectivity index (χ0) is 27.5. The molecule has 3 rings (SSSR count). The number of nitrogens with zero attached hydrogens (tertiary/aromatic N) is 2. The van der Waals surface area contributed by atoms with E-state index in [4.69, 9.17) is 13.9 Å². The van der Waals surface area contributed by atoms with Crippen LogP contribution in [0.15, 0.2) is 65.1 Å². The third kappa shape index (κ3) is 8.57. The molecule has 1 aromatic heterocycles. The highest BCUT2D eigenvalue weighted by molar-refractivity contribution is 5.92. The Morgan fingerprint density at radius 3 is 2.29 bits per heavy atom. The smallest absolute Gasteiger partial charge is 0.322 e. The minimum Gasteiger partial charge on any atom is -0.493 e. The zero-order valence-electron chi connectivity index (χ0n) is 23.0.